The Morgan fingerprint density at radius 2 is 1.68 bits per heavy atom. The molecule has 0 saturated heterocycles. The summed E-state index contributed by atoms with van der Waals surface area (Å²) in [6.45, 7) is 0. The molecule has 94 valence electrons. The molecule has 0 radical (unpaired) electrons. The minimum atomic E-state index is -1.04. The number of benzene rings is 2. The fourth-order valence-electron chi connectivity index (χ4n) is 1.93. The van der Waals surface area contributed by atoms with Crippen LogP contribution < -0.4 is 16.2 Å². The van der Waals surface area contributed by atoms with Gasteiger partial charge in [-0.15, -0.1) is 0 Å². The van der Waals surface area contributed by atoms with Crippen LogP contribution in [0.15, 0.2) is 69.9 Å². The van der Waals surface area contributed by atoms with Gasteiger partial charge in [0.25, 0.3) is 0 Å². The van der Waals surface area contributed by atoms with Crippen molar-refractivity contribution in [3.63, 3.8) is 0 Å². The third kappa shape index (κ3) is 2.42. The Balaban J connectivity index is 2.20. The van der Waals surface area contributed by atoms with E-state index in [0.717, 1.165) is 16.0 Å². The number of fused-ring (bicyclic) bond motifs is 1. The second-order valence-electron chi connectivity index (χ2n) is 4.07. The fraction of sp³-hybridized carbons (Fsp3) is 0. The molecule has 1 unspecified atom stereocenters. The van der Waals surface area contributed by atoms with Crippen molar-refractivity contribution in [3.8, 4) is 0 Å². The van der Waals surface area contributed by atoms with Crippen molar-refractivity contribution in [1.29, 1.82) is 0 Å². The van der Waals surface area contributed by atoms with Crippen LogP contribution in [0.5, 0.6) is 0 Å². The summed E-state index contributed by atoms with van der Waals surface area (Å²) in [5, 5.41) is 2.80. The van der Waals surface area contributed by atoms with Crippen LogP contribution in [0.2, 0.25) is 0 Å². The van der Waals surface area contributed by atoms with Gasteiger partial charge in [-0.25, -0.2) is 4.79 Å². The van der Waals surface area contributed by atoms with E-state index in [0.29, 0.717) is 5.58 Å². The quantitative estimate of drug-likeness (QED) is 0.534. The van der Waals surface area contributed by atoms with Crippen molar-refractivity contribution in [2.75, 3.05) is 0 Å². The zero-order valence-electron chi connectivity index (χ0n) is 9.92. The predicted octanol–water partition coefficient (Wildman–Crippen LogP) is 3.38. The Hall–Kier alpha value is -1.63. The molecule has 1 atom stereocenters. The highest BCUT2D eigenvalue weighted by molar-refractivity contribution is 7.95. The lowest BCUT2D eigenvalue weighted by molar-refractivity contribution is 0.563. The van der Waals surface area contributed by atoms with Crippen LogP contribution in [0.1, 0.15) is 0 Å². The summed E-state index contributed by atoms with van der Waals surface area (Å²) in [4.78, 5) is 11.4. The highest BCUT2D eigenvalue weighted by Gasteiger charge is 2.15. The standard InChI is InChI=1S/C15H10ClO2P/c16-19(12-6-2-1-3-7-12)13-8-4-5-11-9-10-14(17)18-15(11)13/h1-10H. The van der Waals surface area contributed by atoms with E-state index in [2.05, 4.69) is 0 Å². The molecule has 3 rings (SSSR count). The molecule has 19 heavy (non-hydrogen) atoms. The molecule has 0 spiro atoms. The lowest BCUT2D eigenvalue weighted by atomic mass is 10.2. The third-order valence-electron chi connectivity index (χ3n) is 2.82. The zero-order chi connectivity index (χ0) is 13.2. The first-order valence-electron chi connectivity index (χ1n) is 5.79. The van der Waals surface area contributed by atoms with Gasteiger partial charge in [-0.1, -0.05) is 53.7 Å². The van der Waals surface area contributed by atoms with Crippen LogP contribution in [0.3, 0.4) is 0 Å². The molecule has 0 aliphatic carbocycles. The fourth-order valence-corrected chi connectivity index (χ4v) is 3.95. The number of rotatable bonds is 2. The highest BCUT2D eigenvalue weighted by Crippen LogP contribution is 2.40. The maximum absolute atomic E-state index is 11.4. The molecule has 0 aliphatic rings. The largest absolute Gasteiger partial charge is 0.422 e. The van der Waals surface area contributed by atoms with Crippen molar-refractivity contribution >= 4 is 40.1 Å². The van der Waals surface area contributed by atoms with Gasteiger partial charge in [-0.3, -0.25) is 0 Å². The first-order chi connectivity index (χ1) is 9.25. The number of halogens is 1. The summed E-state index contributed by atoms with van der Waals surface area (Å²) in [6.07, 6.45) is 0. The molecule has 0 saturated carbocycles. The summed E-state index contributed by atoms with van der Waals surface area (Å²) in [5.74, 6) is 0. The van der Waals surface area contributed by atoms with Crippen molar-refractivity contribution in [2.45, 2.75) is 0 Å². The van der Waals surface area contributed by atoms with Crippen molar-refractivity contribution < 1.29 is 4.42 Å². The van der Waals surface area contributed by atoms with E-state index in [4.69, 9.17) is 15.7 Å². The van der Waals surface area contributed by atoms with Crippen LogP contribution in [0.4, 0.5) is 0 Å². The van der Waals surface area contributed by atoms with Crippen LogP contribution in [0.25, 0.3) is 11.0 Å². The molecule has 0 N–H and O–H groups in total. The van der Waals surface area contributed by atoms with Crippen LogP contribution in [-0.2, 0) is 0 Å². The average molecular weight is 289 g/mol. The molecular weight excluding hydrogens is 279 g/mol. The Kier molecular flexibility index (Phi) is 3.37. The normalized spacial score (nSPS) is 12.5. The van der Waals surface area contributed by atoms with Gasteiger partial charge in [0.05, 0.1) is 7.27 Å². The Labute approximate surface area is 116 Å². The van der Waals surface area contributed by atoms with E-state index in [-0.39, 0.29) is 5.63 Å². The van der Waals surface area contributed by atoms with Crippen LogP contribution in [-0.4, -0.2) is 0 Å². The van der Waals surface area contributed by atoms with Crippen molar-refractivity contribution in [2.24, 2.45) is 0 Å². The van der Waals surface area contributed by atoms with Gasteiger partial charge in [0, 0.05) is 16.8 Å². The van der Waals surface area contributed by atoms with E-state index < -0.39 is 7.27 Å². The second-order valence-corrected chi connectivity index (χ2v) is 6.64. The van der Waals surface area contributed by atoms with Crippen LogP contribution >= 0.6 is 18.5 Å². The van der Waals surface area contributed by atoms with Gasteiger partial charge in [-0.05, 0) is 17.4 Å². The summed E-state index contributed by atoms with van der Waals surface area (Å²) in [6, 6.07) is 18.8. The molecular formula is C15H10ClO2P. The second kappa shape index (κ2) is 5.16. The lowest BCUT2D eigenvalue weighted by Gasteiger charge is -2.11. The van der Waals surface area contributed by atoms with Gasteiger partial charge >= 0.3 is 5.63 Å². The average Bonchev–Trinajstić information content (AvgIpc) is 2.47. The molecule has 1 heterocycles. The minimum absolute atomic E-state index is 0.354. The van der Waals surface area contributed by atoms with Crippen molar-refractivity contribution in [3.05, 3.63) is 71.1 Å². The Morgan fingerprint density at radius 3 is 2.47 bits per heavy atom. The molecule has 0 aliphatic heterocycles. The number of para-hydroxylation sites is 1. The topological polar surface area (TPSA) is 30.2 Å². The summed E-state index contributed by atoms with van der Waals surface area (Å²) >= 11 is 6.57. The Bertz CT molecular complexity index is 768. The smallest absolute Gasteiger partial charge is 0.336 e. The third-order valence-corrected chi connectivity index (χ3v) is 5.48. The lowest BCUT2D eigenvalue weighted by Crippen LogP contribution is -2.10. The van der Waals surface area contributed by atoms with E-state index >= 15 is 0 Å². The highest BCUT2D eigenvalue weighted by atomic mass is 35.7. The molecule has 1 aromatic heterocycles. The van der Waals surface area contributed by atoms with E-state index in [1.54, 1.807) is 6.07 Å². The SMILES string of the molecule is O=c1ccc2cccc(P(Cl)c3ccccc3)c2o1. The first kappa shape index (κ1) is 12.4. The van der Waals surface area contributed by atoms with Gasteiger partial charge in [0.1, 0.15) is 5.58 Å². The molecule has 2 nitrogen and oxygen atoms in total. The van der Waals surface area contributed by atoms with Crippen LogP contribution in [0, 0.1) is 0 Å². The summed E-state index contributed by atoms with van der Waals surface area (Å²) < 4.78 is 5.31. The molecule has 3 aromatic rings. The zero-order valence-corrected chi connectivity index (χ0v) is 11.6. The number of hydrogen-bond donors (Lipinski definition) is 0. The van der Waals surface area contributed by atoms with Gasteiger partial charge in [0.15, 0.2) is 0 Å². The molecule has 4 heteroatoms. The van der Waals surface area contributed by atoms with E-state index in [9.17, 15) is 4.79 Å². The predicted molar refractivity (Wildman–Crippen MR) is 81.0 cm³/mol. The van der Waals surface area contributed by atoms with E-state index in [1.807, 2.05) is 48.5 Å². The Morgan fingerprint density at radius 1 is 0.895 bits per heavy atom. The van der Waals surface area contributed by atoms with E-state index in [1.165, 1.54) is 6.07 Å². The minimum Gasteiger partial charge on any atom is -0.422 e. The van der Waals surface area contributed by atoms with Gasteiger partial charge in [0.2, 0.25) is 0 Å². The van der Waals surface area contributed by atoms with Crippen molar-refractivity contribution in [1.82, 2.24) is 0 Å². The molecule has 2 aromatic carbocycles. The summed E-state index contributed by atoms with van der Waals surface area (Å²) in [7, 11) is -1.04. The molecule has 0 bridgehead atoms. The maximum Gasteiger partial charge on any atom is 0.336 e. The molecule has 0 fully saturated rings. The summed E-state index contributed by atoms with van der Waals surface area (Å²) in [5.41, 5.74) is 0.230. The molecule has 0 amide bonds. The first-order valence-corrected chi connectivity index (χ1v) is 8.04. The number of hydrogen-bond acceptors (Lipinski definition) is 2. The van der Waals surface area contributed by atoms with Gasteiger partial charge < -0.3 is 4.42 Å². The monoisotopic (exact) mass is 288 g/mol. The maximum atomic E-state index is 11.4. The van der Waals surface area contributed by atoms with Gasteiger partial charge in [-0.2, -0.15) is 0 Å².